The first-order valence-corrected chi connectivity index (χ1v) is 5.67. The number of rotatable bonds is 3. The predicted molar refractivity (Wildman–Crippen MR) is 64.9 cm³/mol. The van der Waals surface area contributed by atoms with E-state index in [1.807, 2.05) is 20.0 Å². The van der Waals surface area contributed by atoms with Crippen LogP contribution in [0.25, 0.3) is 0 Å². The van der Waals surface area contributed by atoms with Crippen molar-refractivity contribution in [2.75, 3.05) is 0 Å². The maximum atomic E-state index is 13.1. The Morgan fingerprint density at radius 3 is 2.56 bits per heavy atom. The van der Waals surface area contributed by atoms with Gasteiger partial charge in [-0.05, 0) is 30.7 Å². The largest absolute Gasteiger partial charge is 0.324 e. The van der Waals surface area contributed by atoms with Crippen molar-refractivity contribution in [3.63, 3.8) is 0 Å². The van der Waals surface area contributed by atoms with Gasteiger partial charge >= 0.3 is 0 Å². The molecule has 0 aliphatic rings. The molecule has 1 aromatic heterocycles. The molecule has 2 N–H and O–H groups in total. The van der Waals surface area contributed by atoms with Crippen molar-refractivity contribution in [2.45, 2.75) is 19.4 Å². The van der Waals surface area contributed by atoms with Crippen LogP contribution in [-0.2, 0) is 13.5 Å². The molecule has 0 aliphatic heterocycles. The minimum atomic E-state index is -0.871. The molecule has 18 heavy (non-hydrogen) atoms. The normalized spacial score (nSPS) is 12.7. The highest BCUT2D eigenvalue weighted by molar-refractivity contribution is 5.23. The van der Waals surface area contributed by atoms with Crippen molar-refractivity contribution in [3.05, 3.63) is 52.9 Å². The van der Waals surface area contributed by atoms with Crippen molar-refractivity contribution < 1.29 is 8.78 Å². The van der Waals surface area contributed by atoms with Gasteiger partial charge in [0.25, 0.3) is 0 Å². The molecule has 3 nitrogen and oxygen atoms in total. The molecule has 96 valence electrons. The maximum absolute atomic E-state index is 13.1. The van der Waals surface area contributed by atoms with Gasteiger partial charge in [-0.15, -0.1) is 0 Å². The van der Waals surface area contributed by atoms with Crippen molar-refractivity contribution in [1.82, 2.24) is 9.78 Å². The Hall–Kier alpha value is -1.75. The number of hydrogen-bond donors (Lipinski definition) is 1. The van der Waals surface area contributed by atoms with E-state index in [0.29, 0.717) is 12.0 Å². The van der Waals surface area contributed by atoms with E-state index in [-0.39, 0.29) is 6.04 Å². The van der Waals surface area contributed by atoms with Crippen LogP contribution in [-0.4, -0.2) is 9.78 Å². The third-order valence-corrected chi connectivity index (χ3v) is 2.90. The van der Waals surface area contributed by atoms with Gasteiger partial charge in [0.15, 0.2) is 11.6 Å². The fourth-order valence-electron chi connectivity index (χ4n) is 1.94. The van der Waals surface area contributed by atoms with E-state index in [0.717, 1.165) is 23.5 Å². The topological polar surface area (TPSA) is 43.8 Å². The van der Waals surface area contributed by atoms with E-state index in [9.17, 15) is 8.78 Å². The van der Waals surface area contributed by atoms with Crippen LogP contribution in [0.5, 0.6) is 0 Å². The van der Waals surface area contributed by atoms with Gasteiger partial charge in [-0.3, -0.25) is 4.68 Å². The first-order valence-electron chi connectivity index (χ1n) is 5.67. The molecule has 0 fully saturated rings. The Morgan fingerprint density at radius 1 is 1.28 bits per heavy atom. The Bertz CT molecular complexity index is 563. The zero-order chi connectivity index (χ0) is 13.3. The Balaban J connectivity index is 2.19. The quantitative estimate of drug-likeness (QED) is 0.909. The van der Waals surface area contributed by atoms with E-state index in [4.69, 9.17) is 5.73 Å². The Kier molecular flexibility index (Phi) is 3.43. The molecule has 0 saturated heterocycles. The summed E-state index contributed by atoms with van der Waals surface area (Å²) in [5, 5.41) is 4.22. The second kappa shape index (κ2) is 4.86. The molecule has 5 heteroatoms. The third-order valence-electron chi connectivity index (χ3n) is 2.90. The van der Waals surface area contributed by atoms with Gasteiger partial charge in [0.05, 0.1) is 5.69 Å². The number of halogens is 2. The maximum Gasteiger partial charge on any atom is 0.159 e. The lowest BCUT2D eigenvalue weighted by Gasteiger charge is -2.12. The lowest BCUT2D eigenvalue weighted by atomic mass is 10.0. The number of hydrogen-bond acceptors (Lipinski definition) is 2. The molecular formula is C13H15F2N3. The Morgan fingerprint density at radius 2 is 2.00 bits per heavy atom. The third kappa shape index (κ3) is 2.56. The van der Waals surface area contributed by atoms with Gasteiger partial charge in [0, 0.05) is 25.2 Å². The monoisotopic (exact) mass is 251 g/mol. The summed E-state index contributed by atoms with van der Waals surface area (Å²) < 4.78 is 27.7. The molecular weight excluding hydrogens is 236 g/mol. The fraction of sp³-hybridized carbons (Fsp3) is 0.308. The molecule has 1 aromatic carbocycles. The van der Waals surface area contributed by atoms with Crippen LogP contribution in [0.3, 0.4) is 0 Å². The minimum Gasteiger partial charge on any atom is -0.324 e. The molecule has 1 heterocycles. The number of aryl methyl sites for hydroxylation is 2. The van der Waals surface area contributed by atoms with E-state index < -0.39 is 11.6 Å². The van der Waals surface area contributed by atoms with Gasteiger partial charge in [-0.25, -0.2) is 8.78 Å². The number of benzene rings is 1. The van der Waals surface area contributed by atoms with Crippen molar-refractivity contribution >= 4 is 0 Å². The molecule has 0 amide bonds. The molecule has 0 saturated carbocycles. The van der Waals surface area contributed by atoms with Crippen LogP contribution in [0.2, 0.25) is 0 Å². The number of aromatic nitrogens is 2. The highest BCUT2D eigenvalue weighted by Gasteiger charge is 2.12. The van der Waals surface area contributed by atoms with Gasteiger partial charge in [-0.2, -0.15) is 5.10 Å². The first kappa shape index (κ1) is 12.7. The van der Waals surface area contributed by atoms with Gasteiger partial charge in [-0.1, -0.05) is 6.07 Å². The van der Waals surface area contributed by atoms with Gasteiger partial charge in [0.2, 0.25) is 0 Å². The lowest BCUT2D eigenvalue weighted by molar-refractivity contribution is 0.504. The summed E-state index contributed by atoms with van der Waals surface area (Å²) in [5.41, 5.74) is 8.44. The lowest BCUT2D eigenvalue weighted by Crippen LogP contribution is -2.15. The van der Waals surface area contributed by atoms with E-state index >= 15 is 0 Å². The fourth-order valence-corrected chi connectivity index (χ4v) is 1.94. The molecule has 0 aliphatic carbocycles. The molecule has 1 unspecified atom stereocenters. The first-order chi connectivity index (χ1) is 8.47. The highest BCUT2D eigenvalue weighted by Crippen LogP contribution is 2.18. The van der Waals surface area contributed by atoms with Gasteiger partial charge < -0.3 is 5.73 Å². The van der Waals surface area contributed by atoms with E-state index in [1.54, 1.807) is 4.68 Å². The standard InChI is InChI=1S/C13H15F2N3/c1-8-5-10(18(2)17-8)7-13(16)9-3-4-11(14)12(15)6-9/h3-6,13H,7,16H2,1-2H3. The summed E-state index contributed by atoms with van der Waals surface area (Å²) in [5.74, 6) is -1.73. The summed E-state index contributed by atoms with van der Waals surface area (Å²) in [6, 6.07) is 5.30. The summed E-state index contributed by atoms with van der Waals surface area (Å²) in [7, 11) is 1.83. The molecule has 2 rings (SSSR count). The predicted octanol–water partition coefficient (Wildman–Crippen LogP) is 2.25. The van der Waals surface area contributed by atoms with Crippen molar-refractivity contribution in [3.8, 4) is 0 Å². The summed E-state index contributed by atoms with van der Waals surface area (Å²) in [4.78, 5) is 0. The molecule has 0 bridgehead atoms. The van der Waals surface area contributed by atoms with Crippen molar-refractivity contribution in [1.29, 1.82) is 0 Å². The average molecular weight is 251 g/mol. The molecule has 2 aromatic rings. The van der Waals surface area contributed by atoms with Crippen LogP contribution in [0.4, 0.5) is 8.78 Å². The van der Waals surface area contributed by atoms with E-state index in [2.05, 4.69) is 5.10 Å². The van der Waals surface area contributed by atoms with Gasteiger partial charge in [0.1, 0.15) is 0 Å². The molecule has 0 spiro atoms. The summed E-state index contributed by atoms with van der Waals surface area (Å²) >= 11 is 0. The minimum absolute atomic E-state index is 0.380. The zero-order valence-electron chi connectivity index (χ0n) is 10.3. The Labute approximate surface area is 104 Å². The smallest absolute Gasteiger partial charge is 0.159 e. The second-order valence-electron chi connectivity index (χ2n) is 4.38. The van der Waals surface area contributed by atoms with Crippen LogP contribution >= 0.6 is 0 Å². The average Bonchev–Trinajstić information content (AvgIpc) is 2.61. The molecule has 1 atom stereocenters. The zero-order valence-corrected chi connectivity index (χ0v) is 10.3. The SMILES string of the molecule is Cc1cc(CC(N)c2ccc(F)c(F)c2)n(C)n1. The van der Waals surface area contributed by atoms with Crippen LogP contribution in [0.1, 0.15) is 23.0 Å². The summed E-state index contributed by atoms with van der Waals surface area (Å²) in [6.07, 6.45) is 0.530. The second-order valence-corrected chi connectivity index (χ2v) is 4.38. The summed E-state index contributed by atoms with van der Waals surface area (Å²) in [6.45, 7) is 1.90. The molecule has 0 radical (unpaired) electrons. The van der Waals surface area contributed by atoms with Crippen LogP contribution in [0.15, 0.2) is 24.3 Å². The van der Waals surface area contributed by atoms with Crippen LogP contribution in [0, 0.1) is 18.6 Å². The number of nitrogens with two attached hydrogens (primary N) is 1. The number of nitrogens with zero attached hydrogens (tertiary/aromatic N) is 2. The highest BCUT2D eigenvalue weighted by atomic mass is 19.2. The van der Waals surface area contributed by atoms with Crippen LogP contribution < -0.4 is 5.73 Å². The van der Waals surface area contributed by atoms with Crippen molar-refractivity contribution in [2.24, 2.45) is 12.8 Å². The van der Waals surface area contributed by atoms with E-state index in [1.165, 1.54) is 6.07 Å².